The molecule has 0 fully saturated rings. The van der Waals surface area contributed by atoms with Crippen molar-refractivity contribution >= 4 is 17.7 Å². The number of rotatable bonds is 5. The highest BCUT2D eigenvalue weighted by molar-refractivity contribution is 8.02. The standard InChI is InChI=1S/C6H12N2O2S/c1-8-5(6(9)10)4-11-3-2-7/h2-3,5,8H,4,7H2,1H3,(H,9,10)/t5-/m0/s1/i1D. The third kappa shape index (κ3) is 4.69. The maximum atomic E-state index is 10.5. The Morgan fingerprint density at radius 1 is 2.09 bits per heavy atom. The minimum atomic E-state index is -0.944. The third-order valence-electron chi connectivity index (χ3n) is 0.982. The van der Waals surface area contributed by atoms with Gasteiger partial charge >= 0.3 is 5.97 Å². The Labute approximate surface area is 71.2 Å². The van der Waals surface area contributed by atoms with Gasteiger partial charge in [-0.05, 0) is 12.4 Å². The molecule has 64 valence electrons. The van der Waals surface area contributed by atoms with Gasteiger partial charge in [0.2, 0.25) is 0 Å². The minimum absolute atomic E-state index is 0.0934. The summed E-state index contributed by atoms with van der Waals surface area (Å²) in [6, 6.07) is -0.677. The molecular formula is C6H12N2O2S. The largest absolute Gasteiger partial charge is 0.480 e. The average molecular weight is 177 g/mol. The molecule has 0 bridgehead atoms. The molecule has 4 nitrogen and oxygen atoms in total. The van der Waals surface area contributed by atoms with E-state index in [4.69, 9.17) is 12.2 Å². The molecule has 0 aromatic heterocycles. The predicted octanol–water partition coefficient (Wildman–Crippen LogP) is -0.178. The molecule has 0 aliphatic heterocycles. The summed E-state index contributed by atoms with van der Waals surface area (Å²) in [5, 5.41) is 12.7. The van der Waals surface area contributed by atoms with Gasteiger partial charge in [0.25, 0.3) is 0 Å². The lowest BCUT2D eigenvalue weighted by Crippen LogP contribution is -2.35. The molecule has 0 aliphatic carbocycles. The van der Waals surface area contributed by atoms with Gasteiger partial charge in [0.1, 0.15) is 6.04 Å². The quantitative estimate of drug-likeness (QED) is 0.543. The first-order valence-electron chi connectivity index (χ1n) is 3.67. The Morgan fingerprint density at radius 2 is 2.82 bits per heavy atom. The Kier molecular flexibility index (Phi) is 4.64. The summed E-state index contributed by atoms with van der Waals surface area (Å²) < 4.78 is 6.78. The zero-order valence-electron chi connectivity index (χ0n) is 6.99. The zero-order valence-corrected chi connectivity index (χ0v) is 6.80. The van der Waals surface area contributed by atoms with E-state index in [0.29, 0.717) is 5.75 Å². The minimum Gasteiger partial charge on any atom is -0.480 e. The first kappa shape index (κ1) is 8.42. The molecule has 11 heavy (non-hydrogen) atoms. The van der Waals surface area contributed by atoms with E-state index in [1.165, 1.54) is 18.0 Å². The van der Waals surface area contributed by atoms with Crippen LogP contribution in [0.4, 0.5) is 0 Å². The van der Waals surface area contributed by atoms with Crippen molar-refractivity contribution in [1.29, 1.82) is 0 Å². The number of carboxylic acids is 1. The fraction of sp³-hybridized carbons (Fsp3) is 0.500. The Balaban J connectivity index is 3.71. The summed E-state index contributed by atoms with van der Waals surface area (Å²) in [6.07, 6.45) is 1.35. The van der Waals surface area contributed by atoms with Crippen molar-refractivity contribution in [2.45, 2.75) is 6.04 Å². The number of carbonyl (C=O) groups is 1. The summed E-state index contributed by atoms with van der Waals surface area (Å²) >= 11 is 1.30. The molecule has 5 heteroatoms. The van der Waals surface area contributed by atoms with E-state index < -0.39 is 12.0 Å². The van der Waals surface area contributed by atoms with Gasteiger partial charge in [0, 0.05) is 13.3 Å². The van der Waals surface area contributed by atoms with Crippen LogP contribution in [-0.4, -0.2) is 29.9 Å². The van der Waals surface area contributed by atoms with Gasteiger partial charge in [-0.15, -0.1) is 11.8 Å². The number of thioether (sulfide) groups is 1. The van der Waals surface area contributed by atoms with E-state index in [2.05, 4.69) is 5.32 Å². The van der Waals surface area contributed by atoms with Gasteiger partial charge in [0.05, 0.1) is 0 Å². The highest BCUT2D eigenvalue weighted by Crippen LogP contribution is 2.03. The van der Waals surface area contributed by atoms with Crippen LogP contribution in [0.1, 0.15) is 1.37 Å². The normalized spacial score (nSPS) is 14.7. The molecule has 0 saturated heterocycles. The smallest absolute Gasteiger partial charge is 0.321 e. The van der Waals surface area contributed by atoms with Crippen molar-refractivity contribution in [3.8, 4) is 0 Å². The molecule has 0 unspecified atom stereocenters. The second-order valence-corrected chi connectivity index (χ2v) is 2.70. The number of hydrogen-bond acceptors (Lipinski definition) is 4. The van der Waals surface area contributed by atoms with E-state index in [-0.39, 0.29) is 7.02 Å². The number of likely N-dealkylation sites (N-methyl/N-ethyl adjacent to an activating group) is 1. The van der Waals surface area contributed by atoms with Crippen LogP contribution >= 0.6 is 11.8 Å². The van der Waals surface area contributed by atoms with Gasteiger partial charge in [-0.1, -0.05) is 0 Å². The van der Waals surface area contributed by atoms with Gasteiger partial charge in [-0.25, -0.2) is 0 Å². The molecular weight excluding hydrogens is 164 g/mol. The van der Waals surface area contributed by atoms with Crippen LogP contribution in [0.3, 0.4) is 0 Å². The van der Waals surface area contributed by atoms with Crippen molar-refractivity contribution in [3.05, 3.63) is 11.6 Å². The zero-order chi connectivity index (χ0) is 9.40. The summed E-state index contributed by atoms with van der Waals surface area (Å²) in [5.74, 6) is -0.567. The fourth-order valence-electron chi connectivity index (χ4n) is 0.425. The number of carboxylic acid groups (broad SMARTS) is 1. The maximum absolute atomic E-state index is 10.5. The van der Waals surface area contributed by atoms with E-state index in [0.717, 1.165) is 0 Å². The average Bonchev–Trinajstić information content (AvgIpc) is 2.03. The Hall–Kier alpha value is -0.680. The van der Waals surface area contributed by atoms with Crippen molar-refractivity contribution in [3.63, 3.8) is 0 Å². The van der Waals surface area contributed by atoms with Crippen LogP contribution in [0.5, 0.6) is 0 Å². The van der Waals surface area contributed by atoms with Crippen molar-refractivity contribution in [2.24, 2.45) is 5.73 Å². The van der Waals surface area contributed by atoms with E-state index in [9.17, 15) is 4.79 Å². The van der Waals surface area contributed by atoms with Crippen LogP contribution in [0.25, 0.3) is 0 Å². The monoisotopic (exact) mass is 177 g/mol. The molecule has 0 rings (SSSR count). The number of hydrogen-bond donors (Lipinski definition) is 3. The molecule has 0 aromatic carbocycles. The van der Waals surface area contributed by atoms with Crippen LogP contribution in [0.2, 0.25) is 0 Å². The second-order valence-electron chi connectivity index (χ2n) is 1.76. The highest BCUT2D eigenvalue weighted by Gasteiger charge is 2.12. The lowest BCUT2D eigenvalue weighted by Gasteiger charge is -2.07. The van der Waals surface area contributed by atoms with Crippen molar-refractivity contribution in [1.82, 2.24) is 5.32 Å². The number of nitrogens with one attached hydrogen (secondary N) is 1. The highest BCUT2D eigenvalue weighted by atomic mass is 32.2. The molecule has 0 amide bonds. The van der Waals surface area contributed by atoms with Crippen molar-refractivity contribution < 1.29 is 11.3 Å². The maximum Gasteiger partial charge on any atom is 0.321 e. The molecule has 4 N–H and O–H groups in total. The molecule has 0 aromatic rings. The third-order valence-corrected chi connectivity index (χ3v) is 1.86. The van der Waals surface area contributed by atoms with E-state index in [1.54, 1.807) is 5.41 Å². The molecule has 1 atom stereocenters. The first-order valence-corrected chi connectivity index (χ1v) is 4.01. The number of aliphatic carboxylic acids is 1. The lowest BCUT2D eigenvalue weighted by atomic mass is 10.3. The predicted molar refractivity (Wildman–Crippen MR) is 46.3 cm³/mol. The van der Waals surface area contributed by atoms with Gasteiger partial charge in [0.15, 0.2) is 0 Å². The second kappa shape index (κ2) is 6.06. The SMILES string of the molecule is [2H]CN[C@@H](CSC=CN)C(=O)O. The molecule has 0 heterocycles. The Bertz CT molecular complexity index is 166. The molecule has 0 aliphatic rings. The van der Waals surface area contributed by atoms with E-state index in [1.807, 2.05) is 0 Å². The topological polar surface area (TPSA) is 75.3 Å². The van der Waals surface area contributed by atoms with E-state index >= 15 is 0 Å². The molecule has 0 spiro atoms. The van der Waals surface area contributed by atoms with Crippen LogP contribution in [0, 0.1) is 0 Å². The van der Waals surface area contributed by atoms with Gasteiger partial charge < -0.3 is 16.2 Å². The van der Waals surface area contributed by atoms with Crippen LogP contribution < -0.4 is 11.1 Å². The van der Waals surface area contributed by atoms with Gasteiger partial charge in [-0.3, -0.25) is 4.79 Å². The summed E-state index contributed by atoms with van der Waals surface area (Å²) in [4.78, 5) is 10.5. The molecule has 0 saturated carbocycles. The fourth-order valence-corrected chi connectivity index (χ4v) is 1.10. The Morgan fingerprint density at radius 3 is 3.27 bits per heavy atom. The first-order chi connectivity index (χ1) is 5.72. The van der Waals surface area contributed by atoms with Crippen LogP contribution in [0.15, 0.2) is 11.6 Å². The van der Waals surface area contributed by atoms with Crippen LogP contribution in [-0.2, 0) is 4.79 Å². The lowest BCUT2D eigenvalue weighted by molar-refractivity contribution is -0.138. The van der Waals surface area contributed by atoms with Crippen molar-refractivity contribution in [2.75, 3.05) is 12.8 Å². The summed E-state index contributed by atoms with van der Waals surface area (Å²) in [7, 11) is -0.0934. The van der Waals surface area contributed by atoms with Gasteiger partial charge in [-0.2, -0.15) is 0 Å². The summed E-state index contributed by atoms with van der Waals surface area (Å²) in [6.45, 7) is 0. The number of nitrogens with two attached hydrogens (primary N) is 1. The summed E-state index contributed by atoms with van der Waals surface area (Å²) in [5.41, 5.74) is 5.06. The molecule has 0 radical (unpaired) electrons.